The minimum Gasteiger partial charge on any atom is -0.366 e. The van der Waals surface area contributed by atoms with Gasteiger partial charge in [-0.2, -0.15) is 0 Å². The molecule has 162 valence electrons. The van der Waals surface area contributed by atoms with Crippen LogP contribution >= 0.6 is 27.7 Å². The zero-order chi connectivity index (χ0) is 22.3. The van der Waals surface area contributed by atoms with Gasteiger partial charge in [0.25, 0.3) is 5.91 Å². The molecule has 1 atom stereocenters. The van der Waals surface area contributed by atoms with Gasteiger partial charge in [-0.3, -0.25) is 4.79 Å². The summed E-state index contributed by atoms with van der Waals surface area (Å²) >= 11 is 4.82. The van der Waals surface area contributed by atoms with E-state index in [2.05, 4.69) is 77.9 Å². The van der Waals surface area contributed by atoms with Crippen molar-refractivity contribution >= 4 is 56.2 Å². The second kappa shape index (κ2) is 8.47. The molecule has 0 aromatic heterocycles. The highest BCUT2D eigenvalue weighted by atomic mass is 79.9. The highest BCUT2D eigenvalue weighted by Crippen LogP contribution is 2.44. The molecular weight excluding hydrogens is 470 g/mol. The van der Waals surface area contributed by atoms with Gasteiger partial charge in [0.05, 0.1) is 10.6 Å². The van der Waals surface area contributed by atoms with Crippen molar-refractivity contribution in [2.24, 2.45) is 4.99 Å². The van der Waals surface area contributed by atoms with E-state index in [-0.39, 0.29) is 11.4 Å². The summed E-state index contributed by atoms with van der Waals surface area (Å²) in [5.74, 6) is 0.382. The standard InChI is InChI=1S/C25H28BrN3OS/c1-6-29-21-11-15(2)17(12-20(21)16(3)14-25(29,4)5)13-22-23(30)28-24(31-22)27-19-9-7-18(26)8-10-19/h7-13,16H,6,14H2,1-5H3,(H,27,28,30)/b22-13-/t16-/m0/s1. The van der Waals surface area contributed by atoms with Crippen molar-refractivity contribution in [1.29, 1.82) is 0 Å². The number of aryl methyl sites for hydroxylation is 1. The smallest absolute Gasteiger partial charge is 0.264 e. The van der Waals surface area contributed by atoms with E-state index in [4.69, 9.17) is 0 Å². The molecule has 1 fully saturated rings. The molecule has 0 saturated carbocycles. The monoisotopic (exact) mass is 497 g/mol. The van der Waals surface area contributed by atoms with E-state index in [1.807, 2.05) is 30.3 Å². The number of carbonyl (C=O) groups is 1. The summed E-state index contributed by atoms with van der Waals surface area (Å²) in [6, 6.07) is 12.3. The van der Waals surface area contributed by atoms with E-state index < -0.39 is 0 Å². The van der Waals surface area contributed by atoms with Crippen molar-refractivity contribution < 1.29 is 4.79 Å². The van der Waals surface area contributed by atoms with E-state index in [0.717, 1.165) is 28.7 Å². The third-order valence-corrected chi connectivity index (χ3v) is 7.52. The van der Waals surface area contributed by atoms with E-state index in [1.54, 1.807) is 0 Å². The minimum absolute atomic E-state index is 0.0950. The highest BCUT2D eigenvalue weighted by Gasteiger charge is 2.35. The molecule has 0 unspecified atom stereocenters. The summed E-state index contributed by atoms with van der Waals surface area (Å²) in [5.41, 5.74) is 5.93. The molecule has 2 aliphatic rings. The number of halogens is 1. The quantitative estimate of drug-likeness (QED) is 0.476. The number of anilines is 1. The van der Waals surface area contributed by atoms with Crippen molar-refractivity contribution in [3.63, 3.8) is 0 Å². The molecule has 1 amide bonds. The summed E-state index contributed by atoms with van der Waals surface area (Å²) < 4.78 is 1.00. The number of aliphatic imine (C=N–C) groups is 1. The van der Waals surface area contributed by atoms with E-state index >= 15 is 0 Å². The zero-order valence-electron chi connectivity index (χ0n) is 18.6. The Hall–Kier alpha value is -2.05. The number of fused-ring (bicyclic) bond motifs is 1. The average Bonchev–Trinajstić information content (AvgIpc) is 3.03. The van der Waals surface area contributed by atoms with Gasteiger partial charge in [-0.25, -0.2) is 4.99 Å². The minimum atomic E-state index is -0.0950. The zero-order valence-corrected chi connectivity index (χ0v) is 21.0. The van der Waals surface area contributed by atoms with Gasteiger partial charge >= 0.3 is 0 Å². The number of nitrogens with one attached hydrogen (secondary N) is 1. The van der Waals surface area contributed by atoms with Gasteiger partial charge in [0, 0.05) is 22.2 Å². The van der Waals surface area contributed by atoms with Crippen molar-refractivity contribution in [3.05, 3.63) is 62.5 Å². The van der Waals surface area contributed by atoms with E-state index in [1.165, 1.54) is 28.6 Å². The summed E-state index contributed by atoms with van der Waals surface area (Å²) in [4.78, 5) is 20.3. The number of amides is 1. The number of hydrogen-bond acceptors (Lipinski definition) is 4. The van der Waals surface area contributed by atoms with Crippen LogP contribution in [0.2, 0.25) is 0 Å². The Morgan fingerprint density at radius 3 is 2.68 bits per heavy atom. The normalized spacial score (nSPS) is 22.7. The molecule has 1 N–H and O–H groups in total. The molecule has 2 aromatic rings. The lowest BCUT2D eigenvalue weighted by molar-refractivity contribution is -0.115. The summed E-state index contributed by atoms with van der Waals surface area (Å²) in [5, 5.41) is 3.50. The molecule has 1 saturated heterocycles. The van der Waals surface area contributed by atoms with Crippen LogP contribution < -0.4 is 10.2 Å². The van der Waals surface area contributed by atoms with Crippen LogP contribution in [0.25, 0.3) is 6.08 Å². The van der Waals surface area contributed by atoms with Crippen LogP contribution in [0.5, 0.6) is 0 Å². The second-order valence-electron chi connectivity index (χ2n) is 8.89. The van der Waals surface area contributed by atoms with Crippen LogP contribution in [0.15, 0.2) is 50.8 Å². The maximum atomic E-state index is 12.6. The van der Waals surface area contributed by atoms with E-state index in [0.29, 0.717) is 16.0 Å². The molecule has 0 aliphatic carbocycles. The maximum Gasteiger partial charge on any atom is 0.264 e. The number of nitrogens with zero attached hydrogens (tertiary/aromatic N) is 2. The second-order valence-corrected chi connectivity index (χ2v) is 10.8. The number of benzene rings is 2. The number of amidine groups is 1. The van der Waals surface area contributed by atoms with Crippen LogP contribution in [0, 0.1) is 6.92 Å². The molecule has 6 heteroatoms. The first-order chi connectivity index (χ1) is 14.7. The molecule has 31 heavy (non-hydrogen) atoms. The van der Waals surface area contributed by atoms with Crippen molar-refractivity contribution in [3.8, 4) is 0 Å². The van der Waals surface area contributed by atoms with Gasteiger partial charge in [-0.1, -0.05) is 22.9 Å². The van der Waals surface area contributed by atoms with Gasteiger partial charge in [0.2, 0.25) is 0 Å². The Labute approximate surface area is 197 Å². The SMILES string of the molecule is CCN1c2cc(C)c(/C=C3\SC(=Nc4ccc(Br)cc4)NC3=O)cc2[C@@H](C)CC1(C)C. The van der Waals surface area contributed by atoms with Gasteiger partial charge in [0.1, 0.15) is 0 Å². The Morgan fingerprint density at radius 1 is 1.29 bits per heavy atom. The fourth-order valence-electron chi connectivity index (χ4n) is 4.66. The number of hydrogen-bond donors (Lipinski definition) is 1. The highest BCUT2D eigenvalue weighted by molar-refractivity contribution is 9.10. The van der Waals surface area contributed by atoms with Crippen LogP contribution in [0.3, 0.4) is 0 Å². The summed E-state index contributed by atoms with van der Waals surface area (Å²) in [7, 11) is 0. The number of thioether (sulfide) groups is 1. The summed E-state index contributed by atoms with van der Waals surface area (Å²) in [6.07, 6.45) is 3.12. The Kier molecular flexibility index (Phi) is 6.05. The van der Waals surface area contributed by atoms with Crippen LogP contribution in [-0.2, 0) is 4.79 Å². The van der Waals surface area contributed by atoms with Gasteiger partial charge in [-0.05, 0) is 111 Å². The summed E-state index contributed by atoms with van der Waals surface area (Å²) in [6.45, 7) is 12.3. The molecule has 0 spiro atoms. The number of rotatable bonds is 3. The van der Waals surface area contributed by atoms with Gasteiger partial charge < -0.3 is 10.2 Å². The Bertz CT molecular complexity index is 1090. The lowest BCUT2D eigenvalue weighted by atomic mass is 9.79. The lowest BCUT2D eigenvalue weighted by Crippen LogP contribution is -2.48. The van der Waals surface area contributed by atoms with Crippen LogP contribution in [0.1, 0.15) is 56.7 Å². The predicted octanol–water partition coefficient (Wildman–Crippen LogP) is 6.76. The largest absolute Gasteiger partial charge is 0.366 e. The molecule has 2 aromatic carbocycles. The van der Waals surface area contributed by atoms with Crippen molar-refractivity contribution in [2.75, 3.05) is 11.4 Å². The Balaban J connectivity index is 1.66. The topological polar surface area (TPSA) is 44.7 Å². The average molecular weight is 498 g/mol. The predicted molar refractivity (Wildman–Crippen MR) is 136 cm³/mol. The molecule has 0 radical (unpaired) electrons. The maximum absolute atomic E-state index is 12.6. The van der Waals surface area contributed by atoms with Gasteiger partial charge in [-0.15, -0.1) is 0 Å². The molecule has 2 heterocycles. The first kappa shape index (κ1) is 22.2. The Morgan fingerprint density at radius 2 is 2.00 bits per heavy atom. The van der Waals surface area contributed by atoms with E-state index in [9.17, 15) is 4.79 Å². The van der Waals surface area contributed by atoms with Crippen molar-refractivity contribution in [2.45, 2.75) is 52.5 Å². The molecule has 0 bridgehead atoms. The lowest BCUT2D eigenvalue weighted by Gasteiger charge is -2.47. The van der Waals surface area contributed by atoms with Gasteiger partial charge in [0.15, 0.2) is 5.17 Å². The first-order valence-electron chi connectivity index (χ1n) is 10.7. The molecule has 4 nitrogen and oxygen atoms in total. The third kappa shape index (κ3) is 4.46. The number of carbonyl (C=O) groups excluding carboxylic acids is 1. The van der Waals surface area contributed by atoms with Crippen LogP contribution in [0.4, 0.5) is 11.4 Å². The fourth-order valence-corrected chi connectivity index (χ4v) is 5.76. The fraction of sp³-hybridized carbons (Fsp3) is 0.360. The first-order valence-corrected chi connectivity index (χ1v) is 12.3. The third-order valence-electron chi connectivity index (χ3n) is 6.08. The molecule has 2 aliphatic heterocycles. The molecule has 4 rings (SSSR count). The van der Waals surface area contributed by atoms with Crippen LogP contribution in [-0.4, -0.2) is 23.2 Å². The van der Waals surface area contributed by atoms with Crippen molar-refractivity contribution in [1.82, 2.24) is 5.32 Å². The molecular formula is C25H28BrN3OS.